The summed E-state index contributed by atoms with van der Waals surface area (Å²) in [5.74, 6) is -1.22. The second-order valence-corrected chi connectivity index (χ2v) is 8.53. The summed E-state index contributed by atoms with van der Waals surface area (Å²) in [5, 5.41) is 12.8. The van der Waals surface area contributed by atoms with E-state index in [9.17, 15) is 22.7 Å². The van der Waals surface area contributed by atoms with E-state index in [1.807, 2.05) is 22.6 Å². The van der Waals surface area contributed by atoms with Gasteiger partial charge in [-0.2, -0.15) is 8.42 Å². The fourth-order valence-electron chi connectivity index (χ4n) is 2.49. The van der Waals surface area contributed by atoms with Crippen molar-refractivity contribution in [3.63, 3.8) is 0 Å². The van der Waals surface area contributed by atoms with E-state index in [0.717, 1.165) is 3.57 Å². The molecule has 0 aromatic heterocycles. The summed E-state index contributed by atoms with van der Waals surface area (Å²) < 4.78 is 41.7. The Morgan fingerprint density at radius 3 is 2.62 bits per heavy atom. The zero-order valence-electron chi connectivity index (χ0n) is 13.3. The van der Waals surface area contributed by atoms with Gasteiger partial charge in [0.05, 0.1) is 11.8 Å². The Labute approximate surface area is 163 Å². The number of amidine groups is 1. The second-order valence-electron chi connectivity index (χ2n) is 5.71. The van der Waals surface area contributed by atoms with E-state index >= 15 is 0 Å². The van der Waals surface area contributed by atoms with E-state index in [0.29, 0.717) is 11.3 Å². The van der Waals surface area contributed by atoms with E-state index in [1.54, 1.807) is 12.1 Å². The molecule has 136 valence electrons. The molecule has 0 aliphatic carbocycles. The van der Waals surface area contributed by atoms with Crippen LogP contribution in [0, 0.1) is 9.39 Å². The van der Waals surface area contributed by atoms with E-state index in [2.05, 4.69) is 9.71 Å². The quantitative estimate of drug-likeness (QED) is 0.632. The minimum absolute atomic E-state index is 0.0206. The third-order valence-corrected chi connectivity index (χ3v) is 5.84. The van der Waals surface area contributed by atoms with Crippen LogP contribution in [-0.4, -0.2) is 25.1 Å². The Morgan fingerprint density at radius 1 is 1.23 bits per heavy atom. The number of nitrogens with zero attached hydrogens (tertiary/aromatic N) is 1. The molecule has 9 heteroatoms. The van der Waals surface area contributed by atoms with E-state index in [-0.39, 0.29) is 23.6 Å². The number of halogens is 2. The lowest BCUT2D eigenvalue weighted by Gasteiger charge is -2.18. The number of aliphatic hydroxyl groups excluding tert-OH is 1. The summed E-state index contributed by atoms with van der Waals surface area (Å²) in [7, 11) is -3.96. The summed E-state index contributed by atoms with van der Waals surface area (Å²) in [6.07, 6.45) is -1.01. The standard InChI is InChI=1S/C17H14FIN2O4S/c18-11-3-1-10(2-4-11)14(22)7-8-15(23)17-20-13-6-5-12(19)9-16(13)26(24,25)21-17/h1-6,9,14,22H,7-8H2,(H,20,21). The molecule has 0 saturated carbocycles. The van der Waals surface area contributed by atoms with Crippen molar-refractivity contribution in [1.29, 1.82) is 0 Å². The topological polar surface area (TPSA) is 95.8 Å². The SMILES string of the molecule is O=C(CCC(O)c1ccc(F)cc1)C1=NS(=O)(=O)c2cc(I)ccc2N1. The van der Waals surface area contributed by atoms with Gasteiger partial charge in [-0.1, -0.05) is 12.1 Å². The van der Waals surface area contributed by atoms with Crippen molar-refractivity contribution >= 4 is 49.9 Å². The van der Waals surface area contributed by atoms with Crippen molar-refractivity contribution in [1.82, 2.24) is 0 Å². The van der Waals surface area contributed by atoms with E-state index in [1.165, 1.54) is 30.3 Å². The Hall–Kier alpha value is -1.85. The average Bonchev–Trinajstić information content (AvgIpc) is 2.60. The maximum Gasteiger partial charge on any atom is 0.286 e. The molecule has 0 radical (unpaired) electrons. The molecule has 0 bridgehead atoms. The largest absolute Gasteiger partial charge is 0.388 e. The number of hydrogen-bond acceptors (Lipinski definition) is 5. The van der Waals surface area contributed by atoms with Gasteiger partial charge in [-0.3, -0.25) is 4.79 Å². The number of nitrogens with one attached hydrogen (secondary N) is 1. The average molecular weight is 488 g/mol. The second kappa shape index (κ2) is 7.41. The molecule has 2 N–H and O–H groups in total. The number of rotatable bonds is 5. The molecule has 1 unspecified atom stereocenters. The van der Waals surface area contributed by atoms with Gasteiger partial charge in [-0.05, 0) is 64.9 Å². The van der Waals surface area contributed by atoms with Crippen LogP contribution in [0.2, 0.25) is 0 Å². The molecule has 1 aliphatic heterocycles. The van der Waals surface area contributed by atoms with Gasteiger partial charge in [0.25, 0.3) is 10.0 Å². The first-order chi connectivity index (χ1) is 12.3. The lowest BCUT2D eigenvalue weighted by molar-refractivity contribution is -0.113. The monoisotopic (exact) mass is 488 g/mol. The van der Waals surface area contributed by atoms with Gasteiger partial charge in [0.1, 0.15) is 10.7 Å². The number of anilines is 1. The summed E-state index contributed by atoms with van der Waals surface area (Å²) in [4.78, 5) is 12.3. The lowest BCUT2D eigenvalue weighted by Crippen LogP contribution is -2.29. The zero-order valence-corrected chi connectivity index (χ0v) is 16.3. The highest BCUT2D eigenvalue weighted by atomic mass is 127. The highest BCUT2D eigenvalue weighted by Crippen LogP contribution is 2.29. The van der Waals surface area contributed by atoms with E-state index < -0.39 is 27.7 Å². The first-order valence-electron chi connectivity index (χ1n) is 7.64. The van der Waals surface area contributed by atoms with Gasteiger partial charge >= 0.3 is 0 Å². The molecule has 1 heterocycles. The third kappa shape index (κ3) is 4.10. The molecule has 0 fully saturated rings. The van der Waals surface area contributed by atoms with Crippen molar-refractivity contribution in [3.8, 4) is 0 Å². The predicted molar refractivity (Wildman–Crippen MR) is 103 cm³/mol. The van der Waals surface area contributed by atoms with Gasteiger partial charge in [-0.15, -0.1) is 4.40 Å². The van der Waals surface area contributed by atoms with Crippen LogP contribution in [0.1, 0.15) is 24.5 Å². The van der Waals surface area contributed by atoms with Crippen LogP contribution < -0.4 is 5.32 Å². The Morgan fingerprint density at radius 2 is 1.92 bits per heavy atom. The van der Waals surface area contributed by atoms with Crippen molar-refractivity contribution in [3.05, 3.63) is 57.4 Å². The smallest absolute Gasteiger partial charge is 0.286 e. The lowest BCUT2D eigenvalue weighted by atomic mass is 10.0. The molecule has 2 aromatic rings. The van der Waals surface area contributed by atoms with Gasteiger partial charge < -0.3 is 10.4 Å². The van der Waals surface area contributed by atoms with Gasteiger partial charge in [0.15, 0.2) is 11.6 Å². The summed E-state index contributed by atoms with van der Waals surface area (Å²) in [5.41, 5.74) is 0.771. The maximum absolute atomic E-state index is 12.9. The number of carbonyl (C=O) groups excluding carboxylic acids is 1. The molecule has 0 spiro atoms. The first-order valence-corrected chi connectivity index (χ1v) is 10.2. The number of aliphatic hydroxyl groups is 1. The maximum atomic E-state index is 12.9. The van der Waals surface area contributed by atoms with Crippen LogP contribution in [-0.2, 0) is 14.8 Å². The molecule has 6 nitrogen and oxygen atoms in total. The van der Waals surface area contributed by atoms with Crippen LogP contribution in [0.25, 0.3) is 0 Å². The van der Waals surface area contributed by atoms with E-state index in [4.69, 9.17) is 0 Å². The summed E-state index contributed by atoms with van der Waals surface area (Å²) >= 11 is 1.99. The molecule has 3 rings (SSSR count). The molecule has 2 aromatic carbocycles. The Kier molecular flexibility index (Phi) is 5.39. The molecular formula is C17H14FIN2O4S. The summed E-state index contributed by atoms with van der Waals surface area (Å²) in [6.45, 7) is 0. The van der Waals surface area contributed by atoms with Crippen LogP contribution in [0.5, 0.6) is 0 Å². The van der Waals surface area contributed by atoms with Crippen LogP contribution in [0.15, 0.2) is 51.8 Å². The molecule has 0 saturated heterocycles. The predicted octanol–water partition coefficient (Wildman–Crippen LogP) is 3.03. The Balaban J connectivity index is 1.72. The Bertz CT molecular complexity index is 990. The number of hydrogen-bond donors (Lipinski definition) is 2. The third-order valence-electron chi connectivity index (χ3n) is 3.85. The summed E-state index contributed by atoms with van der Waals surface area (Å²) in [6, 6.07) is 10.1. The van der Waals surface area contributed by atoms with Crippen LogP contribution in [0.3, 0.4) is 0 Å². The minimum Gasteiger partial charge on any atom is -0.388 e. The van der Waals surface area contributed by atoms with Crippen LogP contribution >= 0.6 is 22.6 Å². The molecular weight excluding hydrogens is 474 g/mol. The normalized spacial score (nSPS) is 16.2. The van der Waals surface area contributed by atoms with Crippen molar-refractivity contribution in [2.45, 2.75) is 23.8 Å². The zero-order chi connectivity index (χ0) is 18.9. The number of Topliss-reactive ketones (excluding diaryl/α,β-unsaturated/α-hetero) is 1. The van der Waals surface area contributed by atoms with Crippen molar-refractivity contribution < 1.29 is 22.7 Å². The molecule has 0 amide bonds. The number of carbonyl (C=O) groups is 1. The molecule has 1 atom stereocenters. The number of ketones is 1. The van der Waals surface area contributed by atoms with Gasteiger partial charge in [-0.25, -0.2) is 4.39 Å². The number of fused-ring (bicyclic) bond motifs is 1. The molecule has 26 heavy (non-hydrogen) atoms. The van der Waals surface area contributed by atoms with Gasteiger partial charge in [0.2, 0.25) is 0 Å². The highest BCUT2D eigenvalue weighted by molar-refractivity contribution is 14.1. The number of benzene rings is 2. The first kappa shape index (κ1) is 18.9. The minimum atomic E-state index is -3.96. The number of sulfonamides is 1. The fraction of sp³-hybridized carbons (Fsp3) is 0.176. The molecule has 1 aliphatic rings. The van der Waals surface area contributed by atoms with Crippen molar-refractivity contribution in [2.75, 3.05) is 5.32 Å². The van der Waals surface area contributed by atoms with Gasteiger partial charge in [0, 0.05) is 9.99 Å². The van der Waals surface area contributed by atoms with Crippen molar-refractivity contribution in [2.24, 2.45) is 4.40 Å². The highest BCUT2D eigenvalue weighted by Gasteiger charge is 2.28. The van der Waals surface area contributed by atoms with Crippen LogP contribution in [0.4, 0.5) is 10.1 Å². The fourth-order valence-corrected chi connectivity index (χ4v) is 4.35.